The number of rotatable bonds is 3. The zero-order valence-electron chi connectivity index (χ0n) is 14.0. The number of allylic oxidation sites excluding steroid dienone is 3. The van der Waals surface area contributed by atoms with Crippen LogP contribution in [0.15, 0.2) is 67.4 Å². The minimum atomic E-state index is 1.05. The molecule has 1 N–H and O–H groups in total. The van der Waals surface area contributed by atoms with Gasteiger partial charge in [-0.3, -0.25) is 0 Å². The first-order valence-electron chi connectivity index (χ1n) is 7.95. The normalized spacial score (nSPS) is 11.3. The smallest absolute Gasteiger partial charge is 0.211 e. The van der Waals surface area contributed by atoms with Gasteiger partial charge in [0.25, 0.3) is 0 Å². The molecule has 0 atom stereocenters. The number of aryl methyl sites for hydroxylation is 2. The largest absolute Gasteiger partial charge is 0.218 e. The van der Waals surface area contributed by atoms with Crippen LogP contribution in [-0.4, -0.2) is 0 Å². The summed E-state index contributed by atoms with van der Waals surface area (Å²) in [6, 6.07) is 15.1. The number of aromatic nitrogens is 1. The summed E-state index contributed by atoms with van der Waals surface area (Å²) in [7, 11) is 0. The van der Waals surface area contributed by atoms with Gasteiger partial charge in [0.05, 0.1) is 5.39 Å². The molecule has 0 saturated carbocycles. The van der Waals surface area contributed by atoms with Crippen molar-refractivity contribution in [3.05, 3.63) is 84.1 Å². The number of hydrogen-bond donors (Lipinski definition) is 0. The Kier molecular flexibility index (Phi) is 4.12. The van der Waals surface area contributed by atoms with Gasteiger partial charge in [-0.15, -0.1) is 0 Å². The van der Waals surface area contributed by atoms with E-state index in [9.17, 15) is 0 Å². The topological polar surface area (TPSA) is 14.1 Å². The van der Waals surface area contributed by atoms with Crippen molar-refractivity contribution < 1.29 is 4.98 Å². The standard InChI is InChI=1S/C22H21N/c1-5-7-16(3)19-10-11-21-20(17(19)4)12-13-23-22(21)18-9-6-8-15(2)14-18/h5-14H,3H2,1-2,4H3/p+1/b7-5-. The molecule has 0 aliphatic carbocycles. The fraction of sp³-hybridized carbons (Fsp3) is 0.136. The van der Waals surface area contributed by atoms with Crippen molar-refractivity contribution in [3.8, 4) is 11.3 Å². The third-order valence-corrected chi connectivity index (χ3v) is 4.28. The molecule has 0 aliphatic heterocycles. The van der Waals surface area contributed by atoms with Crippen LogP contribution in [0.3, 0.4) is 0 Å². The Hall–Kier alpha value is -2.67. The highest BCUT2D eigenvalue weighted by Crippen LogP contribution is 2.31. The quantitative estimate of drug-likeness (QED) is 0.565. The van der Waals surface area contributed by atoms with Crippen molar-refractivity contribution in [1.29, 1.82) is 0 Å². The zero-order valence-corrected chi connectivity index (χ0v) is 14.0. The molecule has 3 rings (SSSR count). The van der Waals surface area contributed by atoms with Crippen LogP contribution >= 0.6 is 0 Å². The van der Waals surface area contributed by atoms with Crippen molar-refractivity contribution in [2.45, 2.75) is 20.8 Å². The Morgan fingerprint density at radius 3 is 2.61 bits per heavy atom. The molecule has 0 unspecified atom stereocenters. The molecule has 0 spiro atoms. The summed E-state index contributed by atoms with van der Waals surface area (Å²) in [4.78, 5) is 3.42. The molecule has 1 aromatic heterocycles. The number of hydrogen-bond acceptors (Lipinski definition) is 0. The Morgan fingerprint density at radius 2 is 1.87 bits per heavy atom. The number of benzene rings is 2. The molecule has 0 aliphatic rings. The van der Waals surface area contributed by atoms with Gasteiger partial charge in [0.2, 0.25) is 5.69 Å². The molecular formula is C22H22N+. The van der Waals surface area contributed by atoms with Gasteiger partial charge in [-0.2, -0.15) is 0 Å². The molecule has 0 saturated heterocycles. The summed E-state index contributed by atoms with van der Waals surface area (Å²) in [6.07, 6.45) is 6.11. The molecule has 1 nitrogen and oxygen atoms in total. The average molecular weight is 300 g/mol. The van der Waals surface area contributed by atoms with Crippen LogP contribution in [0.25, 0.3) is 27.6 Å². The molecule has 0 radical (unpaired) electrons. The highest BCUT2D eigenvalue weighted by Gasteiger charge is 2.14. The SMILES string of the molecule is C=C(/C=C\C)c1ccc2c(-c3cccc(C)c3)[nH+]ccc2c1C. The molecule has 0 amide bonds. The van der Waals surface area contributed by atoms with E-state index in [1.807, 2.05) is 19.2 Å². The number of aromatic amines is 1. The van der Waals surface area contributed by atoms with Gasteiger partial charge in [-0.1, -0.05) is 42.5 Å². The van der Waals surface area contributed by atoms with E-state index in [2.05, 4.69) is 74.0 Å². The molecule has 2 aromatic carbocycles. The first-order valence-corrected chi connectivity index (χ1v) is 7.95. The minimum Gasteiger partial charge on any atom is -0.211 e. The summed E-state index contributed by atoms with van der Waals surface area (Å²) in [5.74, 6) is 0. The van der Waals surface area contributed by atoms with Crippen molar-refractivity contribution in [2.24, 2.45) is 0 Å². The molecule has 3 aromatic rings. The van der Waals surface area contributed by atoms with E-state index in [4.69, 9.17) is 0 Å². The highest BCUT2D eigenvalue weighted by atomic mass is 14.7. The molecule has 1 heterocycles. The minimum absolute atomic E-state index is 1.05. The predicted octanol–water partition coefficient (Wildman–Crippen LogP) is 5.53. The number of fused-ring (bicyclic) bond motifs is 1. The van der Waals surface area contributed by atoms with Gasteiger partial charge in [-0.25, -0.2) is 4.98 Å². The monoisotopic (exact) mass is 300 g/mol. The van der Waals surface area contributed by atoms with Crippen LogP contribution in [0, 0.1) is 13.8 Å². The van der Waals surface area contributed by atoms with Crippen molar-refractivity contribution in [1.82, 2.24) is 0 Å². The summed E-state index contributed by atoms with van der Waals surface area (Å²) in [5, 5.41) is 2.51. The van der Waals surface area contributed by atoms with Crippen LogP contribution in [-0.2, 0) is 0 Å². The van der Waals surface area contributed by atoms with E-state index in [-0.39, 0.29) is 0 Å². The first-order chi connectivity index (χ1) is 11.1. The summed E-state index contributed by atoms with van der Waals surface area (Å²) >= 11 is 0. The van der Waals surface area contributed by atoms with Crippen molar-refractivity contribution in [3.63, 3.8) is 0 Å². The average Bonchev–Trinajstić information content (AvgIpc) is 2.55. The number of nitrogens with one attached hydrogen (secondary N) is 1. The fourth-order valence-corrected chi connectivity index (χ4v) is 3.13. The Morgan fingerprint density at radius 1 is 1.04 bits per heavy atom. The third-order valence-electron chi connectivity index (χ3n) is 4.28. The predicted molar refractivity (Wildman–Crippen MR) is 99.3 cm³/mol. The van der Waals surface area contributed by atoms with Gasteiger partial charge in [0.1, 0.15) is 0 Å². The van der Waals surface area contributed by atoms with Gasteiger partial charge < -0.3 is 0 Å². The van der Waals surface area contributed by atoms with Crippen molar-refractivity contribution in [2.75, 3.05) is 0 Å². The van der Waals surface area contributed by atoms with E-state index in [0.717, 1.165) is 11.3 Å². The summed E-state index contributed by atoms with van der Waals surface area (Å²) in [6.45, 7) is 10.5. The maximum absolute atomic E-state index is 4.18. The van der Waals surface area contributed by atoms with E-state index >= 15 is 0 Å². The summed E-state index contributed by atoms with van der Waals surface area (Å²) in [5.41, 5.74) is 7.18. The van der Waals surface area contributed by atoms with Gasteiger partial charge in [-0.05, 0) is 61.1 Å². The lowest BCUT2D eigenvalue weighted by molar-refractivity contribution is -0.362. The summed E-state index contributed by atoms with van der Waals surface area (Å²) < 4.78 is 0. The van der Waals surface area contributed by atoms with Crippen LogP contribution in [0.5, 0.6) is 0 Å². The maximum atomic E-state index is 4.18. The zero-order chi connectivity index (χ0) is 16.4. The van der Waals surface area contributed by atoms with Crippen molar-refractivity contribution >= 4 is 16.3 Å². The first kappa shape index (κ1) is 15.2. The molecule has 1 heteroatoms. The lowest BCUT2D eigenvalue weighted by Gasteiger charge is -2.10. The second-order valence-corrected chi connectivity index (χ2v) is 5.95. The van der Waals surface area contributed by atoms with E-state index in [1.54, 1.807) is 0 Å². The van der Waals surface area contributed by atoms with Crippen LogP contribution in [0.1, 0.15) is 23.6 Å². The Bertz CT molecular complexity index is 916. The van der Waals surface area contributed by atoms with E-state index in [0.29, 0.717) is 0 Å². The van der Waals surface area contributed by atoms with E-state index in [1.165, 1.54) is 33.0 Å². The Balaban J connectivity index is 2.24. The number of pyridine rings is 1. The fourth-order valence-electron chi connectivity index (χ4n) is 3.13. The second-order valence-electron chi connectivity index (χ2n) is 5.95. The van der Waals surface area contributed by atoms with Gasteiger partial charge in [0, 0.05) is 11.6 Å². The lowest BCUT2D eigenvalue weighted by atomic mass is 9.94. The Labute approximate surface area is 138 Å². The lowest BCUT2D eigenvalue weighted by Crippen LogP contribution is -2.07. The van der Waals surface area contributed by atoms with Crippen LogP contribution < -0.4 is 4.98 Å². The van der Waals surface area contributed by atoms with Gasteiger partial charge in [0.15, 0.2) is 6.20 Å². The van der Waals surface area contributed by atoms with Gasteiger partial charge >= 0.3 is 0 Å². The number of H-pyrrole nitrogens is 1. The molecule has 114 valence electrons. The molecule has 23 heavy (non-hydrogen) atoms. The van der Waals surface area contributed by atoms with E-state index < -0.39 is 0 Å². The molecular weight excluding hydrogens is 278 g/mol. The second kappa shape index (κ2) is 6.21. The molecule has 0 bridgehead atoms. The maximum Gasteiger partial charge on any atom is 0.218 e. The third kappa shape index (κ3) is 2.83. The molecule has 0 fully saturated rings. The van der Waals surface area contributed by atoms with Crippen LogP contribution in [0.2, 0.25) is 0 Å². The van der Waals surface area contributed by atoms with Crippen LogP contribution in [0.4, 0.5) is 0 Å². The highest BCUT2D eigenvalue weighted by molar-refractivity contribution is 5.97.